The van der Waals surface area contributed by atoms with E-state index in [4.69, 9.17) is 4.52 Å². The molecule has 0 bridgehead atoms. The molecule has 5 heteroatoms. The van der Waals surface area contributed by atoms with Crippen LogP contribution in [0.3, 0.4) is 0 Å². The summed E-state index contributed by atoms with van der Waals surface area (Å²) in [6, 6.07) is 10.1. The van der Waals surface area contributed by atoms with Crippen LogP contribution in [0.5, 0.6) is 0 Å². The van der Waals surface area contributed by atoms with Crippen molar-refractivity contribution in [3.63, 3.8) is 0 Å². The van der Waals surface area contributed by atoms with Gasteiger partial charge in [-0.1, -0.05) is 11.2 Å². The maximum atomic E-state index is 5.38. The fraction of sp³-hybridized carbons (Fsp3) is 0.188. The topological polar surface area (TPSA) is 63.8 Å². The van der Waals surface area contributed by atoms with Crippen LogP contribution in [0.1, 0.15) is 16.7 Å². The lowest BCUT2D eigenvalue weighted by Crippen LogP contribution is -1.99. The van der Waals surface area contributed by atoms with Gasteiger partial charge in [0.2, 0.25) is 5.82 Å². The quantitative estimate of drug-likeness (QED) is 0.781. The molecule has 5 nitrogen and oxygen atoms in total. The van der Waals surface area contributed by atoms with Crippen molar-refractivity contribution in [1.82, 2.24) is 20.4 Å². The van der Waals surface area contributed by atoms with Crippen molar-refractivity contribution in [3.8, 4) is 23.0 Å². The summed E-state index contributed by atoms with van der Waals surface area (Å²) in [5.74, 6) is 1.05. The third kappa shape index (κ3) is 2.21. The maximum absolute atomic E-state index is 5.38. The molecule has 1 aromatic carbocycles. The average Bonchev–Trinajstić information content (AvgIpc) is 3.15. The fourth-order valence-electron chi connectivity index (χ4n) is 2.53. The number of benzene rings is 1. The summed E-state index contributed by atoms with van der Waals surface area (Å²) >= 11 is 0. The van der Waals surface area contributed by atoms with Crippen LogP contribution in [0.2, 0.25) is 0 Å². The van der Waals surface area contributed by atoms with Crippen LogP contribution in [0, 0.1) is 6.92 Å². The zero-order chi connectivity index (χ0) is 14.2. The van der Waals surface area contributed by atoms with E-state index in [9.17, 15) is 0 Å². The highest BCUT2D eigenvalue weighted by Crippen LogP contribution is 2.25. The van der Waals surface area contributed by atoms with Crippen molar-refractivity contribution in [2.24, 2.45) is 0 Å². The molecule has 0 fully saturated rings. The highest BCUT2D eigenvalue weighted by atomic mass is 16.5. The second kappa shape index (κ2) is 4.79. The first kappa shape index (κ1) is 12.2. The zero-order valence-corrected chi connectivity index (χ0v) is 11.6. The van der Waals surface area contributed by atoms with Gasteiger partial charge in [-0.05, 0) is 47.9 Å². The Morgan fingerprint density at radius 2 is 2.00 bits per heavy atom. The number of rotatable bonds is 2. The van der Waals surface area contributed by atoms with Gasteiger partial charge in [-0.3, -0.25) is 4.98 Å². The Labute approximate surface area is 122 Å². The van der Waals surface area contributed by atoms with E-state index in [-0.39, 0.29) is 0 Å². The largest absolute Gasteiger partial charge is 0.334 e. The minimum absolute atomic E-state index is 0.521. The number of aromatic nitrogens is 3. The van der Waals surface area contributed by atoms with Crippen LogP contribution in [-0.4, -0.2) is 15.1 Å². The molecule has 4 rings (SSSR count). The molecule has 0 spiro atoms. The standard InChI is InChI=1S/C16H14N4O/c1-10-4-5-18-14(6-10)15-19-16(21-20-15)11-2-3-12-8-17-9-13(12)7-11/h2-7,17H,8-9H2,1H3. The fourth-order valence-corrected chi connectivity index (χ4v) is 2.53. The van der Waals surface area contributed by atoms with Crippen LogP contribution in [0.15, 0.2) is 41.1 Å². The molecule has 3 aromatic rings. The molecule has 1 aliphatic heterocycles. The average molecular weight is 278 g/mol. The smallest absolute Gasteiger partial charge is 0.258 e. The van der Waals surface area contributed by atoms with E-state index in [1.807, 2.05) is 25.1 Å². The predicted molar refractivity (Wildman–Crippen MR) is 78.2 cm³/mol. The molecule has 0 unspecified atom stereocenters. The Morgan fingerprint density at radius 3 is 2.90 bits per heavy atom. The van der Waals surface area contributed by atoms with Crippen LogP contribution < -0.4 is 5.32 Å². The first-order valence-electron chi connectivity index (χ1n) is 6.89. The summed E-state index contributed by atoms with van der Waals surface area (Å²) < 4.78 is 5.38. The van der Waals surface area contributed by atoms with Crippen LogP contribution >= 0.6 is 0 Å². The number of fused-ring (bicyclic) bond motifs is 1. The number of nitrogens with zero attached hydrogens (tertiary/aromatic N) is 3. The number of pyridine rings is 1. The van der Waals surface area contributed by atoms with Gasteiger partial charge in [0, 0.05) is 24.8 Å². The summed E-state index contributed by atoms with van der Waals surface area (Å²) in [6.07, 6.45) is 1.75. The van der Waals surface area contributed by atoms with Crippen molar-refractivity contribution in [3.05, 3.63) is 53.2 Å². The lowest BCUT2D eigenvalue weighted by atomic mass is 10.1. The Bertz CT molecular complexity index is 810. The molecule has 0 saturated heterocycles. The van der Waals surface area contributed by atoms with E-state index >= 15 is 0 Å². The lowest BCUT2D eigenvalue weighted by molar-refractivity contribution is 0.432. The first-order valence-corrected chi connectivity index (χ1v) is 6.89. The third-order valence-corrected chi connectivity index (χ3v) is 3.65. The summed E-state index contributed by atoms with van der Waals surface area (Å²) in [5.41, 5.74) is 5.42. The molecule has 0 saturated carbocycles. The minimum Gasteiger partial charge on any atom is -0.334 e. The molecule has 0 atom stereocenters. The van der Waals surface area contributed by atoms with Crippen molar-refractivity contribution >= 4 is 0 Å². The summed E-state index contributed by atoms with van der Waals surface area (Å²) in [6.45, 7) is 3.83. The van der Waals surface area contributed by atoms with Gasteiger partial charge in [-0.25, -0.2) is 0 Å². The van der Waals surface area contributed by atoms with Gasteiger partial charge < -0.3 is 9.84 Å². The number of aryl methyl sites for hydroxylation is 1. The van der Waals surface area contributed by atoms with Gasteiger partial charge in [0.1, 0.15) is 5.69 Å². The molecule has 104 valence electrons. The van der Waals surface area contributed by atoms with Crippen LogP contribution in [0.4, 0.5) is 0 Å². The number of hydrogen-bond acceptors (Lipinski definition) is 5. The van der Waals surface area contributed by atoms with E-state index in [0.717, 1.165) is 29.9 Å². The van der Waals surface area contributed by atoms with Gasteiger partial charge in [0.05, 0.1) is 0 Å². The van der Waals surface area contributed by atoms with Crippen molar-refractivity contribution in [2.75, 3.05) is 0 Å². The van der Waals surface area contributed by atoms with E-state index in [0.29, 0.717) is 11.7 Å². The molecular weight excluding hydrogens is 264 g/mol. The van der Waals surface area contributed by atoms with Crippen molar-refractivity contribution in [1.29, 1.82) is 0 Å². The van der Waals surface area contributed by atoms with Crippen LogP contribution in [-0.2, 0) is 13.1 Å². The Balaban J connectivity index is 1.71. The molecule has 0 aliphatic carbocycles. The Morgan fingerprint density at radius 1 is 1.10 bits per heavy atom. The van der Waals surface area contributed by atoms with Gasteiger partial charge in [0.25, 0.3) is 5.89 Å². The molecule has 1 aliphatic rings. The van der Waals surface area contributed by atoms with E-state index < -0.39 is 0 Å². The minimum atomic E-state index is 0.521. The first-order chi connectivity index (χ1) is 10.3. The summed E-state index contributed by atoms with van der Waals surface area (Å²) in [4.78, 5) is 8.74. The lowest BCUT2D eigenvalue weighted by Gasteiger charge is -1.99. The zero-order valence-electron chi connectivity index (χ0n) is 11.6. The molecule has 0 amide bonds. The van der Waals surface area contributed by atoms with Gasteiger partial charge in [-0.15, -0.1) is 0 Å². The van der Waals surface area contributed by atoms with E-state index in [1.54, 1.807) is 6.20 Å². The number of nitrogens with one attached hydrogen (secondary N) is 1. The van der Waals surface area contributed by atoms with Gasteiger partial charge in [0.15, 0.2) is 0 Å². The monoisotopic (exact) mass is 278 g/mol. The molecule has 2 aromatic heterocycles. The Hall–Kier alpha value is -2.53. The maximum Gasteiger partial charge on any atom is 0.258 e. The number of hydrogen-bond donors (Lipinski definition) is 1. The predicted octanol–water partition coefficient (Wildman–Crippen LogP) is 2.71. The van der Waals surface area contributed by atoms with Crippen molar-refractivity contribution < 1.29 is 4.52 Å². The SMILES string of the molecule is Cc1ccnc(-c2noc(-c3ccc4c(c3)CNC4)n2)c1. The van der Waals surface area contributed by atoms with Gasteiger partial charge >= 0.3 is 0 Å². The normalized spacial score (nSPS) is 13.4. The van der Waals surface area contributed by atoms with Crippen LogP contribution in [0.25, 0.3) is 23.0 Å². The highest BCUT2D eigenvalue weighted by Gasteiger charge is 2.15. The Kier molecular flexibility index (Phi) is 2.79. The van der Waals surface area contributed by atoms with Crippen molar-refractivity contribution in [2.45, 2.75) is 20.0 Å². The van der Waals surface area contributed by atoms with Gasteiger partial charge in [-0.2, -0.15) is 4.98 Å². The second-order valence-electron chi connectivity index (χ2n) is 5.23. The van der Waals surface area contributed by atoms with E-state index in [2.05, 4.69) is 32.6 Å². The third-order valence-electron chi connectivity index (χ3n) is 3.65. The molecular formula is C16H14N4O. The summed E-state index contributed by atoms with van der Waals surface area (Å²) in [5, 5.41) is 7.36. The summed E-state index contributed by atoms with van der Waals surface area (Å²) in [7, 11) is 0. The molecule has 1 N–H and O–H groups in total. The highest BCUT2D eigenvalue weighted by molar-refractivity contribution is 5.59. The second-order valence-corrected chi connectivity index (χ2v) is 5.23. The van der Waals surface area contributed by atoms with E-state index in [1.165, 1.54) is 11.1 Å². The molecule has 0 radical (unpaired) electrons. The molecule has 21 heavy (non-hydrogen) atoms. The molecule has 3 heterocycles.